The number of hydrogen-bond donors (Lipinski definition) is 0. The molecule has 6 heteroatoms. The van der Waals surface area contributed by atoms with E-state index in [-0.39, 0.29) is 52.3 Å². The number of carbonyl (C=O) groups is 3. The van der Waals surface area contributed by atoms with E-state index in [9.17, 15) is 14.4 Å². The van der Waals surface area contributed by atoms with Gasteiger partial charge >= 0.3 is 17.9 Å². The van der Waals surface area contributed by atoms with E-state index in [0.29, 0.717) is 12.3 Å². The van der Waals surface area contributed by atoms with Crippen molar-refractivity contribution in [1.82, 2.24) is 0 Å². The van der Waals surface area contributed by atoms with E-state index in [1.165, 1.54) is 21.0 Å². The summed E-state index contributed by atoms with van der Waals surface area (Å²) in [5, 5.41) is 0. The number of esters is 3. The lowest BCUT2D eigenvalue weighted by Gasteiger charge is -2.65. The molecule has 0 amide bonds. The molecule has 0 radical (unpaired) electrons. The van der Waals surface area contributed by atoms with Crippen LogP contribution in [0.5, 0.6) is 0 Å². The molecule has 8 atom stereocenters. The Labute approximate surface area is 185 Å². The van der Waals surface area contributed by atoms with Crippen LogP contribution in [-0.2, 0) is 28.6 Å². The molecule has 0 aliphatic heterocycles. The smallest absolute Gasteiger partial charge is 0.311 e. The molecule has 174 valence electrons. The fourth-order valence-corrected chi connectivity index (χ4v) is 8.80. The van der Waals surface area contributed by atoms with Crippen molar-refractivity contribution >= 4 is 17.9 Å². The van der Waals surface area contributed by atoms with Gasteiger partial charge in [0, 0.05) is 24.7 Å². The second-order valence-corrected chi connectivity index (χ2v) is 11.6. The van der Waals surface area contributed by atoms with E-state index >= 15 is 0 Å². The van der Waals surface area contributed by atoms with Crippen molar-refractivity contribution in [3.63, 3.8) is 0 Å². The molecule has 0 unspecified atom stereocenters. The minimum Gasteiger partial charge on any atom is -0.469 e. The first-order valence-corrected chi connectivity index (χ1v) is 11.8. The van der Waals surface area contributed by atoms with E-state index in [2.05, 4.69) is 13.8 Å². The highest BCUT2D eigenvalue weighted by Crippen LogP contribution is 2.74. The van der Waals surface area contributed by atoms with Crippen LogP contribution in [0.15, 0.2) is 0 Å². The molecule has 4 fully saturated rings. The summed E-state index contributed by atoms with van der Waals surface area (Å²) in [5.74, 6) is -0.253. The largest absolute Gasteiger partial charge is 0.469 e. The molecule has 4 aliphatic carbocycles. The number of methoxy groups -OCH3 is 1. The van der Waals surface area contributed by atoms with Crippen molar-refractivity contribution in [3.8, 4) is 0 Å². The molecular weight excluding hydrogens is 396 g/mol. The summed E-state index contributed by atoms with van der Waals surface area (Å²) in [6.07, 6.45) is 6.76. The molecule has 2 bridgehead atoms. The molecule has 0 aromatic rings. The predicted octanol–water partition coefficient (Wildman–Crippen LogP) is 4.44. The summed E-state index contributed by atoms with van der Waals surface area (Å²) in [6.45, 7) is 9.58. The fourth-order valence-electron chi connectivity index (χ4n) is 8.80. The molecule has 31 heavy (non-hydrogen) atoms. The molecule has 4 saturated carbocycles. The van der Waals surface area contributed by atoms with Gasteiger partial charge in [-0.15, -0.1) is 0 Å². The SMILES string of the molecule is COC(=O)[C@]1(C)CCC[C@@]2(C)[C@@H]3CC[C@@]4(C)C[C@@]3(C[C@H]4OC(C)=O)[C@@H](OC(C)=O)C[C@@H]21. The van der Waals surface area contributed by atoms with Gasteiger partial charge in [0.05, 0.1) is 12.5 Å². The summed E-state index contributed by atoms with van der Waals surface area (Å²) in [7, 11) is 1.47. The third kappa shape index (κ3) is 3.14. The van der Waals surface area contributed by atoms with Gasteiger partial charge in [-0.25, -0.2) is 0 Å². The summed E-state index contributed by atoms with van der Waals surface area (Å²) < 4.78 is 17.2. The van der Waals surface area contributed by atoms with Crippen LogP contribution in [0.25, 0.3) is 0 Å². The zero-order valence-corrected chi connectivity index (χ0v) is 19.9. The van der Waals surface area contributed by atoms with Crippen LogP contribution in [0.2, 0.25) is 0 Å². The quantitative estimate of drug-likeness (QED) is 0.483. The first kappa shape index (κ1) is 22.6. The van der Waals surface area contributed by atoms with Crippen molar-refractivity contribution in [3.05, 3.63) is 0 Å². The van der Waals surface area contributed by atoms with Gasteiger partial charge in [-0.1, -0.05) is 20.3 Å². The summed E-state index contributed by atoms with van der Waals surface area (Å²) in [5.41, 5.74) is -0.914. The standard InChI is InChI=1S/C25H38O6/c1-15(26)30-19-12-18-23(4,9-7-10-24(18,5)21(28)29-6)17-8-11-22(3)14-25(17,19)13-20(22)31-16(2)27/h17-20H,7-14H2,1-6H3/t17-,18-,19-,20+,22-,23-,24+,25+/m0/s1. The number of ether oxygens (including phenoxy) is 3. The van der Waals surface area contributed by atoms with Crippen molar-refractivity contribution in [2.75, 3.05) is 7.11 Å². The maximum absolute atomic E-state index is 13.0. The molecule has 0 aromatic carbocycles. The second kappa shape index (κ2) is 7.21. The minimum absolute atomic E-state index is 0.0374. The van der Waals surface area contributed by atoms with Gasteiger partial charge in [0.15, 0.2) is 0 Å². The van der Waals surface area contributed by atoms with Crippen LogP contribution in [0.3, 0.4) is 0 Å². The van der Waals surface area contributed by atoms with Gasteiger partial charge in [-0.2, -0.15) is 0 Å². The number of fused-ring (bicyclic) bond motifs is 3. The van der Waals surface area contributed by atoms with Crippen LogP contribution in [0.4, 0.5) is 0 Å². The van der Waals surface area contributed by atoms with E-state index in [4.69, 9.17) is 14.2 Å². The Balaban J connectivity index is 1.80. The molecule has 0 N–H and O–H groups in total. The van der Waals surface area contributed by atoms with Crippen LogP contribution in [0, 0.1) is 33.5 Å². The summed E-state index contributed by atoms with van der Waals surface area (Å²) in [6, 6.07) is 0. The number of rotatable bonds is 3. The Bertz CT molecular complexity index is 793. The van der Waals surface area contributed by atoms with E-state index in [1.807, 2.05) is 6.92 Å². The molecule has 4 rings (SSSR count). The summed E-state index contributed by atoms with van der Waals surface area (Å²) in [4.78, 5) is 37.0. The number of carbonyl (C=O) groups excluding carboxylic acids is 3. The highest BCUT2D eigenvalue weighted by Gasteiger charge is 2.72. The average molecular weight is 435 g/mol. The molecular formula is C25H38O6. The Morgan fingerprint density at radius 3 is 2.13 bits per heavy atom. The lowest BCUT2D eigenvalue weighted by Crippen LogP contribution is -2.63. The molecule has 0 aromatic heterocycles. The van der Waals surface area contributed by atoms with Gasteiger partial charge in [0.2, 0.25) is 0 Å². The van der Waals surface area contributed by atoms with Gasteiger partial charge in [0.1, 0.15) is 12.2 Å². The fraction of sp³-hybridized carbons (Fsp3) is 0.880. The third-order valence-corrected chi connectivity index (χ3v) is 9.91. The lowest BCUT2D eigenvalue weighted by atomic mass is 9.39. The maximum atomic E-state index is 13.0. The molecule has 0 heterocycles. The molecule has 6 nitrogen and oxygen atoms in total. The minimum atomic E-state index is -0.573. The van der Waals surface area contributed by atoms with Gasteiger partial charge in [-0.3, -0.25) is 14.4 Å². The normalized spacial score (nSPS) is 48.2. The van der Waals surface area contributed by atoms with Crippen molar-refractivity contribution in [1.29, 1.82) is 0 Å². The number of hydrogen-bond acceptors (Lipinski definition) is 6. The van der Waals surface area contributed by atoms with Gasteiger partial charge in [-0.05, 0) is 69.1 Å². The Morgan fingerprint density at radius 2 is 1.52 bits per heavy atom. The predicted molar refractivity (Wildman–Crippen MR) is 114 cm³/mol. The lowest BCUT2D eigenvalue weighted by molar-refractivity contribution is -0.222. The second-order valence-electron chi connectivity index (χ2n) is 11.6. The zero-order valence-electron chi connectivity index (χ0n) is 19.9. The van der Waals surface area contributed by atoms with Crippen LogP contribution >= 0.6 is 0 Å². The maximum Gasteiger partial charge on any atom is 0.311 e. The monoisotopic (exact) mass is 434 g/mol. The van der Waals surface area contributed by atoms with E-state index in [1.54, 1.807) is 0 Å². The topological polar surface area (TPSA) is 78.9 Å². The van der Waals surface area contributed by atoms with Crippen molar-refractivity contribution in [2.24, 2.45) is 33.5 Å². The van der Waals surface area contributed by atoms with Gasteiger partial charge in [0.25, 0.3) is 0 Å². The molecule has 1 spiro atoms. The molecule has 4 aliphatic rings. The Kier molecular flexibility index (Phi) is 5.26. The Morgan fingerprint density at radius 1 is 0.871 bits per heavy atom. The zero-order chi connectivity index (χ0) is 22.8. The van der Waals surface area contributed by atoms with E-state index in [0.717, 1.165) is 44.9 Å². The first-order valence-electron chi connectivity index (χ1n) is 11.8. The van der Waals surface area contributed by atoms with Crippen molar-refractivity contribution in [2.45, 2.75) is 98.2 Å². The van der Waals surface area contributed by atoms with Gasteiger partial charge < -0.3 is 14.2 Å². The van der Waals surface area contributed by atoms with E-state index < -0.39 is 5.41 Å². The third-order valence-electron chi connectivity index (χ3n) is 9.91. The highest BCUT2D eigenvalue weighted by molar-refractivity contribution is 5.77. The average Bonchev–Trinajstić information content (AvgIpc) is 2.88. The summed E-state index contributed by atoms with van der Waals surface area (Å²) >= 11 is 0. The first-order chi connectivity index (χ1) is 14.4. The molecule has 0 saturated heterocycles. The van der Waals surface area contributed by atoms with Crippen LogP contribution < -0.4 is 0 Å². The van der Waals surface area contributed by atoms with Crippen molar-refractivity contribution < 1.29 is 28.6 Å². The highest BCUT2D eigenvalue weighted by atomic mass is 16.6. The Hall–Kier alpha value is -1.59. The van der Waals surface area contributed by atoms with Crippen LogP contribution in [0.1, 0.15) is 86.0 Å². The van der Waals surface area contributed by atoms with Crippen LogP contribution in [-0.4, -0.2) is 37.2 Å².